The Labute approximate surface area is 127 Å². The number of nitrogens with two attached hydrogens (primary N) is 1. The van der Waals surface area contributed by atoms with Crippen molar-refractivity contribution in [2.75, 3.05) is 0 Å². The van der Waals surface area contributed by atoms with E-state index in [1.165, 1.54) is 4.88 Å². The molecule has 96 valence electrons. The lowest BCUT2D eigenvalue weighted by molar-refractivity contribution is 0.305. The standard InChI is InChI=1S/C13H13Br2NOS/c1-8(16)12-5-9(14)2-3-13(12)17-6-11-4-10(15)7-18-11/h2-5,7-8H,6,16H2,1H3/t8-/m0/s1. The van der Waals surface area contributed by atoms with E-state index in [1.807, 2.05) is 30.5 Å². The molecule has 1 heterocycles. The van der Waals surface area contributed by atoms with Gasteiger partial charge < -0.3 is 10.5 Å². The maximum atomic E-state index is 5.95. The van der Waals surface area contributed by atoms with E-state index < -0.39 is 0 Å². The van der Waals surface area contributed by atoms with E-state index in [9.17, 15) is 0 Å². The fourth-order valence-electron chi connectivity index (χ4n) is 1.58. The lowest BCUT2D eigenvalue weighted by Gasteiger charge is -2.14. The molecule has 0 aliphatic heterocycles. The Morgan fingerprint density at radius 3 is 2.67 bits per heavy atom. The molecule has 0 fully saturated rings. The molecule has 2 nitrogen and oxygen atoms in total. The Kier molecular flexibility index (Phi) is 4.84. The van der Waals surface area contributed by atoms with Gasteiger partial charge in [-0.2, -0.15) is 0 Å². The van der Waals surface area contributed by atoms with Gasteiger partial charge in [0, 0.05) is 30.8 Å². The normalized spacial score (nSPS) is 12.4. The maximum Gasteiger partial charge on any atom is 0.124 e. The minimum Gasteiger partial charge on any atom is -0.488 e. The van der Waals surface area contributed by atoms with Gasteiger partial charge in [-0.3, -0.25) is 0 Å². The third-order valence-electron chi connectivity index (χ3n) is 2.45. The molecule has 2 rings (SSSR count). The highest BCUT2D eigenvalue weighted by atomic mass is 79.9. The van der Waals surface area contributed by atoms with Crippen molar-refractivity contribution in [3.63, 3.8) is 0 Å². The number of thiophene rings is 1. The largest absolute Gasteiger partial charge is 0.488 e. The average molecular weight is 391 g/mol. The number of benzene rings is 1. The molecule has 0 unspecified atom stereocenters. The van der Waals surface area contributed by atoms with Crippen molar-refractivity contribution in [1.29, 1.82) is 0 Å². The quantitative estimate of drug-likeness (QED) is 0.807. The van der Waals surface area contributed by atoms with Crippen molar-refractivity contribution in [1.82, 2.24) is 0 Å². The Hall–Kier alpha value is -0.360. The van der Waals surface area contributed by atoms with Gasteiger partial charge in [0.15, 0.2) is 0 Å². The summed E-state index contributed by atoms with van der Waals surface area (Å²) in [6, 6.07) is 7.93. The minimum atomic E-state index is -0.0485. The molecule has 1 aromatic carbocycles. The average Bonchev–Trinajstić information content (AvgIpc) is 2.73. The first-order valence-electron chi connectivity index (χ1n) is 5.47. The lowest BCUT2D eigenvalue weighted by Crippen LogP contribution is -2.08. The van der Waals surface area contributed by atoms with Crippen LogP contribution in [0.4, 0.5) is 0 Å². The smallest absolute Gasteiger partial charge is 0.124 e. The molecule has 2 N–H and O–H groups in total. The number of ether oxygens (including phenoxy) is 1. The molecular weight excluding hydrogens is 378 g/mol. The highest BCUT2D eigenvalue weighted by molar-refractivity contribution is 9.10. The molecule has 1 aromatic heterocycles. The predicted octanol–water partition coefficient (Wildman–Crippen LogP) is 4.87. The van der Waals surface area contributed by atoms with Gasteiger partial charge in [-0.1, -0.05) is 15.9 Å². The molecule has 0 aliphatic carbocycles. The third kappa shape index (κ3) is 3.57. The summed E-state index contributed by atoms with van der Waals surface area (Å²) in [5, 5.41) is 2.05. The van der Waals surface area contributed by atoms with Gasteiger partial charge in [0.1, 0.15) is 12.4 Å². The van der Waals surface area contributed by atoms with Crippen LogP contribution in [0, 0.1) is 0 Å². The van der Waals surface area contributed by atoms with Gasteiger partial charge in [0.2, 0.25) is 0 Å². The topological polar surface area (TPSA) is 35.2 Å². The van der Waals surface area contributed by atoms with Gasteiger partial charge in [0.25, 0.3) is 0 Å². The molecule has 0 saturated carbocycles. The molecule has 0 aliphatic rings. The third-order valence-corrected chi connectivity index (χ3v) is 4.62. The maximum absolute atomic E-state index is 5.95. The van der Waals surface area contributed by atoms with Crippen molar-refractivity contribution in [2.24, 2.45) is 5.73 Å². The summed E-state index contributed by atoms with van der Waals surface area (Å²) >= 11 is 8.56. The second kappa shape index (κ2) is 6.19. The van der Waals surface area contributed by atoms with Crippen LogP contribution in [0.3, 0.4) is 0 Å². The zero-order valence-electron chi connectivity index (χ0n) is 9.82. The summed E-state index contributed by atoms with van der Waals surface area (Å²) in [4.78, 5) is 1.18. The van der Waals surface area contributed by atoms with Crippen LogP contribution in [-0.4, -0.2) is 0 Å². The lowest BCUT2D eigenvalue weighted by atomic mass is 10.1. The van der Waals surface area contributed by atoms with Crippen molar-refractivity contribution in [2.45, 2.75) is 19.6 Å². The van der Waals surface area contributed by atoms with Crippen LogP contribution >= 0.6 is 43.2 Å². The summed E-state index contributed by atoms with van der Waals surface area (Å²) in [6.45, 7) is 2.52. The van der Waals surface area contributed by atoms with Crippen molar-refractivity contribution in [3.8, 4) is 5.75 Å². The van der Waals surface area contributed by atoms with Gasteiger partial charge in [0.05, 0.1) is 0 Å². The Balaban J connectivity index is 2.13. The summed E-state index contributed by atoms with van der Waals surface area (Å²) in [7, 11) is 0. The zero-order valence-corrected chi connectivity index (χ0v) is 13.8. The molecule has 0 spiro atoms. The van der Waals surface area contributed by atoms with Crippen LogP contribution in [-0.2, 0) is 6.61 Å². The van der Waals surface area contributed by atoms with Crippen molar-refractivity contribution < 1.29 is 4.74 Å². The van der Waals surface area contributed by atoms with E-state index in [2.05, 4.69) is 37.9 Å². The summed E-state index contributed by atoms with van der Waals surface area (Å²) in [6.07, 6.45) is 0. The SMILES string of the molecule is C[C@H](N)c1cc(Br)ccc1OCc1cc(Br)cs1. The predicted molar refractivity (Wildman–Crippen MR) is 83.1 cm³/mol. The van der Waals surface area contributed by atoms with Crippen LogP contribution in [0.1, 0.15) is 23.4 Å². The first-order valence-corrected chi connectivity index (χ1v) is 7.93. The molecule has 0 saturated heterocycles. The molecule has 0 radical (unpaired) electrons. The summed E-state index contributed by atoms with van der Waals surface area (Å²) in [5.74, 6) is 0.845. The molecule has 2 aromatic rings. The Morgan fingerprint density at radius 1 is 1.28 bits per heavy atom. The second-order valence-electron chi connectivity index (χ2n) is 3.99. The highest BCUT2D eigenvalue weighted by Crippen LogP contribution is 2.29. The van der Waals surface area contributed by atoms with Gasteiger partial charge in [-0.15, -0.1) is 11.3 Å². The first-order chi connectivity index (χ1) is 8.56. The number of hydrogen-bond acceptors (Lipinski definition) is 3. The van der Waals surface area contributed by atoms with Crippen molar-refractivity contribution in [3.05, 3.63) is 49.0 Å². The molecule has 5 heteroatoms. The Bertz CT molecular complexity index is 540. The van der Waals surface area contributed by atoms with E-state index in [-0.39, 0.29) is 6.04 Å². The first kappa shape index (κ1) is 14.1. The summed E-state index contributed by atoms with van der Waals surface area (Å²) in [5.41, 5.74) is 6.96. The monoisotopic (exact) mass is 389 g/mol. The van der Waals surface area contributed by atoms with Crippen LogP contribution in [0.5, 0.6) is 5.75 Å². The van der Waals surface area contributed by atoms with E-state index in [4.69, 9.17) is 10.5 Å². The summed E-state index contributed by atoms with van der Waals surface area (Å²) < 4.78 is 7.95. The number of halogens is 2. The molecule has 0 amide bonds. The van der Waals surface area contributed by atoms with E-state index in [1.54, 1.807) is 11.3 Å². The molecular formula is C13H13Br2NOS. The minimum absolute atomic E-state index is 0.0485. The molecule has 0 bridgehead atoms. The highest BCUT2D eigenvalue weighted by Gasteiger charge is 2.09. The second-order valence-corrected chi connectivity index (χ2v) is 6.82. The van der Waals surface area contributed by atoms with Crippen LogP contribution < -0.4 is 10.5 Å². The molecule has 18 heavy (non-hydrogen) atoms. The van der Waals surface area contributed by atoms with E-state index in [0.29, 0.717) is 6.61 Å². The van der Waals surface area contributed by atoms with Gasteiger partial charge >= 0.3 is 0 Å². The van der Waals surface area contributed by atoms with Gasteiger partial charge in [-0.05, 0) is 47.1 Å². The molecule has 1 atom stereocenters. The fourth-order valence-corrected chi connectivity index (χ4v) is 3.33. The Morgan fingerprint density at radius 2 is 2.06 bits per heavy atom. The van der Waals surface area contributed by atoms with Crippen LogP contribution in [0.15, 0.2) is 38.6 Å². The van der Waals surface area contributed by atoms with Crippen molar-refractivity contribution >= 4 is 43.2 Å². The number of hydrogen-bond donors (Lipinski definition) is 1. The van der Waals surface area contributed by atoms with Crippen LogP contribution in [0.25, 0.3) is 0 Å². The van der Waals surface area contributed by atoms with Gasteiger partial charge in [-0.25, -0.2) is 0 Å². The van der Waals surface area contributed by atoms with Crippen LogP contribution in [0.2, 0.25) is 0 Å². The number of rotatable bonds is 4. The van der Waals surface area contributed by atoms with E-state index in [0.717, 1.165) is 20.3 Å². The zero-order chi connectivity index (χ0) is 13.1. The van der Waals surface area contributed by atoms with E-state index >= 15 is 0 Å². The fraction of sp³-hybridized carbons (Fsp3) is 0.231.